The average Bonchev–Trinajstić information content (AvgIpc) is 2.81. The Bertz CT molecular complexity index is 441. The van der Waals surface area contributed by atoms with Crippen LogP contribution in [0, 0.1) is 5.92 Å². The highest BCUT2D eigenvalue weighted by Crippen LogP contribution is 2.29. The highest BCUT2D eigenvalue weighted by atomic mass is 79.9. The molecule has 98 valence electrons. The first-order valence-electron chi connectivity index (χ1n) is 6.38. The van der Waals surface area contributed by atoms with Gasteiger partial charge in [0.15, 0.2) is 0 Å². The minimum absolute atomic E-state index is 0.468. The Morgan fingerprint density at radius 1 is 1.44 bits per heavy atom. The third kappa shape index (κ3) is 3.23. The zero-order valence-electron chi connectivity index (χ0n) is 10.7. The zero-order valence-corrected chi connectivity index (χ0v) is 13.1. The largest absolute Gasteiger partial charge is 0.389 e. The Morgan fingerprint density at radius 2 is 2.11 bits per heavy atom. The van der Waals surface area contributed by atoms with Gasteiger partial charge < -0.3 is 10.6 Å². The second kappa shape index (κ2) is 6.02. The number of anilines is 1. The monoisotopic (exact) mass is 326 g/mol. The molecular formula is C14H19BrN2S. The maximum Gasteiger partial charge on any atom is 0.106 e. The van der Waals surface area contributed by atoms with Crippen molar-refractivity contribution in [2.24, 2.45) is 11.7 Å². The van der Waals surface area contributed by atoms with E-state index in [0.717, 1.165) is 28.2 Å². The molecule has 1 aliphatic carbocycles. The molecule has 0 atom stereocenters. The molecule has 2 N–H and O–H groups in total. The number of hydrogen-bond donors (Lipinski definition) is 1. The predicted octanol–water partition coefficient (Wildman–Crippen LogP) is 3.71. The van der Waals surface area contributed by atoms with Gasteiger partial charge in [-0.25, -0.2) is 0 Å². The van der Waals surface area contributed by atoms with Crippen molar-refractivity contribution in [1.29, 1.82) is 0 Å². The highest BCUT2D eigenvalue weighted by molar-refractivity contribution is 9.10. The van der Waals surface area contributed by atoms with E-state index in [-0.39, 0.29) is 0 Å². The van der Waals surface area contributed by atoms with Crippen LogP contribution in [0.1, 0.15) is 31.2 Å². The van der Waals surface area contributed by atoms with Gasteiger partial charge in [0, 0.05) is 29.3 Å². The van der Waals surface area contributed by atoms with Crippen LogP contribution in [0.3, 0.4) is 0 Å². The number of rotatable bonds is 4. The van der Waals surface area contributed by atoms with E-state index >= 15 is 0 Å². The molecule has 0 saturated heterocycles. The summed E-state index contributed by atoms with van der Waals surface area (Å²) in [6.07, 6.45) is 5.44. The van der Waals surface area contributed by atoms with Crippen LogP contribution in [-0.2, 0) is 0 Å². The van der Waals surface area contributed by atoms with Gasteiger partial charge in [-0.3, -0.25) is 0 Å². The fourth-order valence-electron chi connectivity index (χ4n) is 2.71. The van der Waals surface area contributed by atoms with Crippen molar-refractivity contribution in [1.82, 2.24) is 0 Å². The lowest BCUT2D eigenvalue weighted by atomic mass is 10.1. The summed E-state index contributed by atoms with van der Waals surface area (Å²) in [6, 6.07) is 6.08. The van der Waals surface area contributed by atoms with Crippen LogP contribution in [0.2, 0.25) is 0 Å². The standard InChI is InChI=1S/C14H19BrN2S/c1-17(9-10-4-2-3-5-10)13-8-11(15)6-7-12(13)14(16)18/h6-8,10H,2-5,9H2,1H3,(H2,16,18). The minimum atomic E-state index is 0.468. The van der Waals surface area contributed by atoms with E-state index in [4.69, 9.17) is 18.0 Å². The lowest BCUT2D eigenvalue weighted by Gasteiger charge is -2.25. The van der Waals surface area contributed by atoms with E-state index in [0.29, 0.717) is 4.99 Å². The van der Waals surface area contributed by atoms with E-state index in [1.165, 1.54) is 25.7 Å². The Kier molecular flexibility index (Phi) is 4.62. The molecule has 1 fully saturated rings. The molecule has 4 heteroatoms. The van der Waals surface area contributed by atoms with Crippen LogP contribution in [0.25, 0.3) is 0 Å². The maximum atomic E-state index is 5.80. The molecule has 2 rings (SSSR count). The molecule has 0 aliphatic heterocycles. The topological polar surface area (TPSA) is 29.3 Å². The van der Waals surface area contributed by atoms with E-state index < -0.39 is 0 Å². The summed E-state index contributed by atoms with van der Waals surface area (Å²) in [7, 11) is 2.13. The quantitative estimate of drug-likeness (QED) is 0.855. The first-order chi connectivity index (χ1) is 8.58. The van der Waals surface area contributed by atoms with Crippen molar-refractivity contribution in [3.05, 3.63) is 28.2 Å². The molecule has 1 aromatic carbocycles. The van der Waals surface area contributed by atoms with Crippen molar-refractivity contribution in [3.63, 3.8) is 0 Å². The van der Waals surface area contributed by atoms with Gasteiger partial charge >= 0.3 is 0 Å². The molecule has 0 bridgehead atoms. The molecule has 1 aliphatic rings. The first kappa shape index (κ1) is 13.8. The fraction of sp³-hybridized carbons (Fsp3) is 0.500. The molecule has 0 amide bonds. The summed E-state index contributed by atoms with van der Waals surface area (Å²) in [6.45, 7) is 1.09. The molecular weight excluding hydrogens is 308 g/mol. The lowest BCUT2D eigenvalue weighted by molar-refractivity contribution is 0.547. The number of thiocarbonyl (C=S) groups is 1. The van der Waals surface area contributed by atoms with Gasteiger partial charge in [-0.2, -0.15) is 0 Å². The molecule has 0 spiro atoms. The normalized spacial score (nSPS) is 15.9. The van der Waals surface area contributed by atoms with Crippen LogP contribution in [0.5, 0.6) is 0 Å². The third-order valence-corrected chi connectivity index (χ3v) is 4.36. The molecule has 1 saturated carbocycles. The molecule has 2 nitrogen and oxygen atoms in total. The minimum Gasteiger partial charge on any atom is -0.389 e. The van der Waals surface area contributed by atoms with Crippen LogP contribution in [-0.4, -0.2) is 18.6 Å². The van der Waals surface area contributed by atoms with Crippen LogP contribution >= 0.6 is 28.1 Å². The van der Waals surface area contributed by atoms with Gasteiger partial charge in [0.25, 0.3) is 0 Å². The van der Waals surface area contributed by atoms with Crippen molar-refractivity contribution < 1.29 is 0 Å². The van der Waals surface area contributed by atoms with Crippen LogP contribution in [0.4, 0.5) is 5.69 Å². The van der Waals surface area contributed by atoms with Gasteiger partial charge in [0.05, 0.1) is 0 Å². The van der Waals surface area contributed by atoms with Crippen LogP contribution < -0.4 is 10.6 Å². The third-order valence-electron chi connectivity index (χ3n) is 3.64. The summed E-state index contributed by atoms with van der Waals surface area (Å²) in [5.74, 6) is 0.813. The van der Waals surface area contributed by atoms with Gasteiger partial charge in [0.2, 0.25) is 0 Å². The van der Waals surface area contributed by atoms with Crippen molar-refractivity contribution in [2.75, 3.05) is 18.5 Å². The average molecular weight is 327 g/mol. The first-order valence-corrected chi connectivity index (χ1v) is 7.58. The van der Waals surface area contributed by atoms with Gasteiger partial charge in [-0.15, -0.1) is 0 Å². The number of benzene rings is 1. The van der Waals surface area contributed by atoms with Crippen molar-refractivity contribution in [2.45, 2.75) is 25.7 Å². The van der Waals surface area contributed by atoms with Crippen molar-refractivity contribution in [3.8, 4) is 0 Å². The molecule has 0 aromatic heterocycles. The molecule has 0 radical (unpaired) electrons. The summed E-state index contributed by atoms with van der Waals surface area (Å²) in [5, 5.41) is 0. The smallest absolute Gasteiger partial charge is 0.106 e. The molecule has 18 heavy (non-hydrogen) atoms. The fourth-order valence-corrected chi connectivity index (χ4v) is 3.23. The summed E-state index contributed by atoms with van der Waals surface area (Å²) < 4.78 is 1.07. The number of nitrogens with zero attached hydrogens (tertiary/aromatic N) is 1. The number of nitrogens with two attached hydrogens (primary N) is 1. The Hall–Kier alpha value is -0.610. The SMILES string of the molecule is CN(CC1CCCC1)c1cc(Br)ccc1C(N)=S. The lowest BCUT2D eigenvalue weighted by Crippen LogP contribution is -2.26. The second-order valence-electron chi connectivity index (χ2n) is 5.06. The second-order valence-corrected chi connectivity index (χ2v) is 6.41. The Labute approximate surface area is 123 Å². The summed E-state index contributed by atoms with van der Waals surface area (Å²) in [5.41, 5.74) is 7.89. The summed E-state index contributed by atoms with van der Waals surface area (Å²) >= 11 is 8.65. The maximum absolute atomic E-state index is 5.80. The van der Waals surface area contributed by atoms with E-state index in [2.05, 4.69) is 33.9 Å². The number of halogens is 1. The van der Waals surface area contributed by atoms with E-state index in [9.17, 15) is 0 Å². The molecule has 1 aromatic rings. The van der Waals surface area contributed by atoms with Gasteiger partial charge in [-0.1, -0.05) is 41.0 Å². The Balaban J connectivity index is 2.19. The van der Waals surface area contributed by atoms with E-state index in [1.54, 1.807) is 0 Å². The molecule has 0 unspecified atom stereocenters. The van der Waals surface area contributed by atoms with Gasteiger partial charge in [0.1, 0.15) is 4.99 Å². The Morgan fingerprint density at radius 3 is 2.72 bits per heavy atom. The molecule has 0 heterocycles. The number of hydrogen-bond acceptors (Lipinski definition) is 2. The van der Waals surface area contributed by atoms with Crippen LogP contribution in [0.15, 0.2) is 22.7 Å². The van der Waals surface area contributed by atoms with E-state index in [1.807, 2.05) is 12.1 Å². The highest BCUT2D eigenvalue weighted by Gasteiger charge is 2.18. The predicted molar refractivity (Wildman–Crippen MR) is 85.3 cm³/mol. The van der Waals surface area contributed by atoms with Crippen molar-refractivity contribution >= 4 is 38.8 Å². The zero-order chi connectivity index (χ0) is 13.1. The summed E-state index contributed by atoms with van der Waals surface area (Å²) in [4.78, 5) is 2.76. The van der Waals surface area contributed by atoms with Gasteiger partial charge in [-0.05, 0) is 37.0 Å².